The predicted octanol–water partition coefficient (Wildman–Crippen LogP) is 4.19. The molecule has 114 valence electrons. The lowest BCUT2D eigenvalue weighted by molar-refractivity contribution is -0.616. The highest BCUT2D eigenvalue weighted by Gasteiger charge is 3.03. The second-order valence-electron chi connectivity index (χ2n) is 7.85. The van der Waals surface area contributed by atoms with Crippen molar-refractivity contribution in [3.8, 4) is 0 Å². The molecule has 0 atom stereocenters. The molecule has 6 aliphatic carbocycles. The van der Waals surface area contributed by atoms with Crippen LogP contribution < -0.4 is 0 Å². The smallest absolute Gasteiger partial charge is 0.169 e. The van der Waals surface area contributed by atoms with Crippen molar-refractivity contribution in [1.29, 1.82) is 0 Å². The van der Waals surface area contributed by atoms with E-state index in [2.05, 4.69) is 6.58 Å². The quantitative estimate of drug-likeness (QED) is 0.578. The number of hydrogen-bond donors (Lipinski definition) is 0. The molecule has 7 rings (SSSR count). The second-order valence-corrected chi connectivity index (χ2v) is 7.85. The van der Waals surface area contributed by atoms with Crippen molar-refractivity contribution in [3.05, 3.63) is 41.0 Å². The van der Waals surface area contributed by atoms with Gasteiger partial charge in [0, 0.05) is 5.56 Å². The van der Waals surface area contributed by atoms with E-state index in [1.807, 2.05) is 0 Å². The zero-order chi connectivity index (χ0) is 15.1. The standard InChI is InChI=1S/C18H14F4/c1-2-5-14(19)16(21)6(17(22)15(5)20)3-4-18-11-8-7-9(11)13(18)10(7)12(8)18/h2,7-13H,1,3-4H2. The van der Waals surface area contributed by atoms with Gasteiger partial charge in [-0.1, -0.05) is 12.7 Å². The largest absolute Gasteiger partial charge is 0.203 e. The van der Waals surface area contributed by atoms with Gasteiger partial charge in [-0.15, -0.1) is 0 Å². The van der Waals surface area contributed by atoms with E-state index in [4.69, 9.17) is 0 Å². The van der Waals surface area contributed by atoms with Crippen molar-refractivity contribution < 1.29 is 17.6 Å². The van der Waals surface area contributed by atoms with Crippen LogP contribution in [0, 0.1) is 70.1 Å². The van der Waals surface area contributed by atoms with Crippen LogP contribution in [-0.4, -0.2) is 0 Å². The summed E-state index contributed by atoms with van der Waals surface area (Å²) < 4.78 is 55.8. The van der Waals surface area contributed by atoms with Crippen LogP contribution in [0.4, 0.5) is 17.6 Å². The maximum atomic E-state index is 14.1. The maximum absolute atomic E-state index is 14.1. The molecular weight excluding hydrogens is 292 g/mol. The molecule has 6 aliphatic rings. The first-order valence-electron chi connectivity index (χ1n) is 8.03. The van der Waals surface area contributed by atoms with E-state index >= 15 is 0 Å². The van der Waals surface area contributed by atoms with Gasteiger partial charge in [-0.3, -0.25) is 0 Å². The fourth-order valence-corrected chi connectivity index (χ4v) is 7.60. The lowest BCUT2D eigenvalue weighted by Gasteiger charge is -3.08. The van der Waals surface area contributed by atoms with Crippen LogP contribution in [0.1, 0.15) is 17.5 Å². The zero-order valence-electron chi connectivity index (χ0n) is 11.8. The predicted molar refractivity (Wildman–Crippen MR) is 71.5 cm³/mol. The molecule has 0 aliphatic heterocycles. The van der Waals surface area contributed by atoms with Gasteiger partial charge in [0.25, 0.3) is 0 Å². The number of hydrogen-bond acceptors (Lipinski definition) is 0. The minimum absolute atomic E-state index is 0.100. The lowest BCUT2D eigenvalue weighted by Crippen LogP contribution is -3.05. The number of rotatable bonds is 4. The van der Waals surface area contributed by atoms with E-state index < -0.39 is 34.4 Å². The summed E-state index contributed by atoms with van der Waals surface area (Å²) in [5, 5.41) is 0. The topological polar surface area (TPSA) is 0 Å². The van der Waals surface area contributed by atoms with Gasteiger partial charge in [-0.05, 0) is 59.7 Å². The molecule has 1 aromatic carbocycles. The molecule has 0 nitrogen and oxygen atoms in total. The van der Waals surface area contributed by atoms with Crippen LogP contribution in [0.25, 0.3) is 6.08 Å². The van der Waals surface area contributed by atoms with Crippen LogP contribution in [0.2, 0.25) is 0 Å². The monoisotopic (exact) mass is 306 g/mol. The van der Waals surface area contributed by atoms with Gasteiger partial charge in [-0.25, -0.2) is 17.6 Å². The Bertz CT molecular complexity index is 700. The Labute approximate surface area is 125 Å². The Hall–Kier alpha value is -1.32. The van der Waals surface area contributed by atoms with E-state index in [0.29, 0.717) is 6.42 Å². The first kappa shape index (κ1) is 12.1. The third-order valence-corrected chi connectivity index (χ3v) is 8.08. The molecule has 0 radical (unpaired) electrons. The summed E-state index contributed by atoms with van der Waals surface area (Å²) in [6.45, 7) is 3.21. The maximum Gasteiger partial charge on any atom is 0.169 e. The van der Waals surface area contributed by atoms with E-state index in [1.54, 1.807) is 0 Å². The van der Waals surface area contributed by atoms with Gasteiger partial charge in [0.1, 0.15) is 0 Å². The van der Waals surface area contributed by atoms with Crippen molar-refractivity contribution in [2.75, 3.05) is 0 Å². The molecule has 0 bridgehead atoms. The van der Waals surface area contributed by atoms with Gasteiger partial charge in [0.15, 0.2) is 23.3 Å². The van der Waals surface area contributed by atoms with Crippen LogP contribution in [0.15, 0.2) is 6.58 Å². The van der Waals surface area contributed by atoms with Gasteiger partial charge in [-0.2, -0.15) is 0 Å². The Morgan fingerprint density at radius 1 is 0.818 bits per heavy atom. The summed E-state index contributed by atoms with van der Waals surface area (Å²) in [4.78, 5) is 0. The van der Waals surface area contributed by atoms with Crippen LogP contribution in [0.3, 0.4) is 0 Å². The summed E-state index contributed by atoms with van der Waals surface area (Å²) >= 11 is 0. The Morgan fingerprint density at radius 3 is 1.77 bits per heavy atom. The van der Waals surface area contributed by atoms with Gasteiger partial charge in [0.2, 0.25) is 0 Å². The first-order valence-corrected chi connectivity index (χ1v) is 8.03. The molecule has 4 heteroatoms. The van der Waals surface area contributed by atoms with Crippen LogP contribution in [-0.2, 0) is 6.42 Å². The minimum Gasteiger partial charge on any atom is -0.203 e. The number of benzene rings is 1. The molecule has 0 heterocycles. The minimum atomic E-state index is -1.32. The summed E-state index contributed by atoms with van der Waals surface area (Å²) in [6.07, 6.45) is 1.60. The molecule has 6 fully saturated rings. The molecule has 22 heavy (non-hydrogen) atoms. The lowest BCUT2D eigenvalue weighted by atomic mass is 8.96. The van der Waals surface area contributed by atoms with E-state index in [1.165, 1.54) is 0 Å². The number of halogens is 4. The summed E-state index contributed by atoms with van der Waals surface area (Å²) in [5.41, 5.74) is -0.845. The highest BCUT2D eigenvalue weighted by molar-refractivity contribution is 5.52. The van der Waals surface area contributed by atoms with Gasteiger partial charge in [0.05, 0.1) is 5.56 Å². The van der Waals surface area contributed by atoms with Crippen LogP contribution in [0.5, 0.6) is 0 Å². The molecule has 1 aromatic rings. The van der Waals surface area contributed by atoms with Crippen molar-refractivity contribution in [3.63, 3.8) is 0 Å². The third kappa shape index (κ3) is 0.814. The average Bonchev–Trinajstić information content (AvgIpc) is 2.54. The van der Waals surface area contributed by atoms with Crippen molar-refractivity contribution in [1.82, 2.24) is 0 Å². The van der Waals surface area contributed by atoms with Crippen LogP contribution >= 0.6 is 0 Å². The van der Waals surface area contributed by atoms with Crippen molar-refractivity contribution in [2.45, 2.75) is 12.8 Å². The summed E-state index contributed by atoms with van der Waals surface area (Å²) in [6, 6.07) is 0. The first-order chi connectivity index (χ1) is 10.6. The molecule has 0 unspecified atom stereocenters. The van der Waals surface area contributed by atoms with Gasteiger partial charge >= 0.3 is 0 Å². The zero-order valence-corrected chi connectivity index (χ0v) is 11.8. The summed E-state index contributed by atoms with van der Waals surface area (Å²) in [7, 11) is 0. The highest BCUT2D eigenvalue weighted by atomic mass is 19.2. The Balaban J connectivity index is 1.32. The molecule has 0 amide bonds. The SMILES string of the molecule is C=Cc1c(F)c(F)c(CCC23C4C5C6C4C2C6C53)c(F)c1F. The van der Waals surface area contributed by atoms with Crippen molar-refractivity contribution in [2.24, 2.45) is 46.8 Å². The van der Waals surface area contributed by atoms with E-state index in [-0.39, 0.29) is 11.8 Å². The van der Waals surface area contributed by atoms with E-state index in [9.17, 15) is 17.6 Å². The normalized spacial score (nSPS) is 50.1. The fraction of sp³-hybridized carbons (Fsp3) is 0.556. The summed E-state index contributed by atoms with van der Waals surface area (Å²) in [5.74, 6) is 0.844. The average molecular weight is 306 g/mol. The molecule has 0 aromatic heterocycles. The molecule has 0 N–H and O–H groups in total. The molecule has 0 spiro atoms. The van der Waals surface area contributed by atoms with Crippen molar-refractivity contribution >= 4 is 6.08 Å². The van der Waals surface area contributed by atoms with Gasteiger partial charge < -0.3 is 0 Å². The fourth-order valence-electron chi connectivity index (χ4n) is 7.60. The Morgan fingerprint density at radius 2 is 1.32 bits per heavy atom. The highest BCUT2D eigenvalue weighted by Crippen LogP contribution is 3.06. The van der Waals surface area contributed by atoms with E-state index in [0.717, 1.165) is 47.5 Å². The second kappa shape index (κ2) is 3.15. The Kier molecular flexibility index (Phi) is 1.74. The molecule has 0 saturated heterocycles. The third-order valence-electron chi connectivity index (χ3n) is 8.08. The molecular formula is C18H14F4. The molecule has 6 saturated carbocycles.